The van der Waals surface area contributed by atoms with E-state index < -0.39 is 32.5 Å². The third kappa shape index (κ3) is 6.37. The minimum Gasteiger partial charge on any atom is -0.476 e. The van der Waals surface area contributed by atoms with E-state index in [9.17, 15) is 22.7 Å². The summed E-state index contributed by atoms with van der Waals surface area (Å²) in [6, 6.07) is 16.0. The summed E-state index contributed by atoms with van der Waals surface area (Å²) in [7, 11) is -0.452. The number of sulfonamides is 1. The number of rotatable bonds is 10. The average molecular weight is 650 g/mol. The summed E-state index contributed by atoms with van der Waals surface area (Å²) in [5.74, 6) is -2.17. The van der Waals surface area contributed by atoms with Gasteiger partial charge in [-0.2, -0.15) is 5.10 Å². The molecule has 232 valence electrons. The Bertz CT molecular complexity index is 2050. The molecule has 13 heteroatoms. The number of carbonyl (C=O) groups is 1. The molecule has 9 nitrogen and oxygen atoms in total. The van der Waals surface area contributed by atoms with Crippen LogP contribution in [0.2, 0.25) is 0 Å². The number of hydrogen-bond donors (Lipinski definition) is 2. The Hall–Kier alpha value is -4.46. The van der Waals surface area contributed by atoms with E-state index >= 15 is 4.39 Å². The molecule has 2 heterocycles. The summed E-state index contributed by atoms with van der Waals surface area (Å²) in [6.45, 7) is 0. The number of benzene rings is 3. The van der Waals surface area contributed by atoms with Crippen LogP contribution in [0.4, 0.5) is 14.5 Å². The number of carboxylic acid groups (broad SMARTS) is 1. The molecule has 0 bridgehead atoms. The first kappa shape index (κ1) is 30.6. The van der Waals surface area contributed by atoms with E-state index in [1.807, 2.05) is 43.3 Å². The average Bonchev–Trinajstić information content (AvgIpc) is 3.55. The lowest BCUT2D eigenvalue weighted by Crippen LogP contribution is -2.14. The standard InChI is InChI=1S/C32H29F2N5O4S2/c1-38(2)22-5-3-4-20(15-22)23-16-21(9-10-25(23)33)30-24(12-19-8-11-29(26(34)13-19)45(35,42)43)28(14-18-6-7-18)39(37-30)32-36-27(17-44-32)31(40)41/h3-5,8-11,13,15-18H,6-7,12,14H2,1-2H3,(H,40,41)(H2,35,42,43). The molecule has 3 aromatic carbocycles. The molecule has 5 aromatic rings. The molecule has 1 saturated carbocycles. The molecule has 6 rings (SSSR count). The molecule has 0 aliphatic heterocycles. The van der Waals surface area contributed by atoms with Crippen LogP contribution < -0.4 is 10.0 Å². The smallest absolute Gasteiger partial charge is 0.355 e. The van der Waals surface area contributed by atoms with Gasteiger partial charge >= 0.3 is 5.97 Å². The van der Waals surface area contributed by atoms with Crippen molar-refractivity contribution in [1.82, 2.24) is 14.8 Å². The van der Waals surface area contributed by atoms with Crippen LogP contribution in [0.15, 0.2) is 70.9 Å². The molecule has 0 unspecified atom stereocenters. The number of hydrogen-bond acceptors (Lipinski definition) is 7. The number of aromatic carboxylic acids is 1. The lowest BCUT2D eigenvalue weighted by Gasteiger charge is -2.14. The van der Waals surface area contributed by atoms with E-state index in [2.05, 4.69) is 4.98 Å². The maximum Gasteiger partial charge on any atom is 0.355 e. The minimum absolute atomic E-state index is 0.114. The van der Waals surface area contributed by atoms with Gasteiger partial charge < -0.3 is 10.0 Å². The number of nitrogens with zero attached hydrogens (tertiary/aromatic N) is 4. The van der Waals surface area contributed by atoms with Crippen LogP contribution in [0.25, 0.3) is 27.5 Å². The van der Waals surface area contributed by atoms with Crippen molar-refractivity contribution in [1.29, 1.82) is 0 Å². The second-order valence-electron chi connectivity index (χ2n) is 11.3. The van der Waals surface area contributed by atoms with Crippen LogP contribution in [0.1, 0.15) is 40.2 Å². The van der Waals surface area contributed by atoms with Gasteiger partial charge in [0.2, 0.25) is 15.2 Å². The molecule has 0 saturated heterocycles. The fraction of sp³-hybridized carbons (Fsp3) is 0.219. The summed E-state index contributed by atoms with van der Waals surface area (Å²) >= 11 is 1.13. The van der Waals surface area contributed by atoms with Gasteiger partial charge in [0.1, 0.15) is 16.5 Å². The Kier molecular flexibility index (Phi) is 8.02. The lowest BCUT2D eigenvalue weighted by atomic mass is 9.94. The fourth-order valence-electron chi connectivity index (χ4n) is 5.26. The Morgan fingerprint density at radius 3 is 2.49 bits per heavy atom. The van der Waals surface area contributed by atoms with Crippen molar-refractivity contribution in [2.45, 2.75) is 30.6 Å². The molecule has 45 heavy (non-hydrogen) atoms. The third-order valence-electron chi connectivity index (χ3n) is 7.76. The first-order chi connectivity index (χ1) is 21.4. The molecule has 0 atom stereocenters. The Morgan fingerprint density at radius 1 is 1.07 bits per heavy atom. The van der Waals surface area contributed by atoms with Crippen LogP contribution in [0.3, 0.4) is 0 Å². The van der Waals surface area contributed by atoms with Crippen molar-refractivity contribution < 1.29 is 27.1 Å². The second kappa shape index (κ2) is 11.8. The highest BCUT2D eigenvalue weighted by Gasteiger charge is 2.30. The highest BCUT2D eigenvalue weighted by atomic mass is 32.2. The van der Waals surface area contributed by atoms with E-state index in [4.69, 9.17) is 10.2 Å². The predicted octanol–water partition coefficient (Wildman–Crippen LogP) is 5.90. The molecule has 1 fully saturated rings. The second-order valence-corrected chi connectivity index (χ2v) is 13.6. The Morgan fingerprint density at radius 2 is 1.84 bits per heavy atom. The molecular formula is C32H29F2N5O4S2. The van der Waals surface area contributed by atoms with E-state index in [-0.39, 0.29) is 12.1 Å². The first-order valence-electron chi connectivity index (χ1n) is 14.1. The van der Waals surface area contributed by atoms with E-state index in [0.29, 0.717) is 45.4 Å². The monoisotopic (exact) mass is 649 g/mol. The molecule has 1 aliphatic carbocycles. The normalized spacial score (nSPS) is 13.3. The van der Waals surface area contributed by atoms with E-state index in [1.54, 1.807) is 16.8 Å². The van der Waals surface area contributed by atoms with Crippen molar-refractivity contribution in [2.75, 3.05) is 19.0 Å². The lowest BCUT2D eigenvalue weighted by molar-refractivity contribution is 0.0691. The van der Waals surface area contributed by atoms with Crippen LogP contribution >= 0.6 is 11.3 Å². The number of carboxylic acids is 1. The maximum absolute atomic E-state index is 15.3. The number of nitrogens with two attached hydrogens (primary N) is 1. The maximum atomic E-state index is 15.3. The zero-order chi connectivity index (χ0) is 32.0. The minimum atomic E-state index is -4.26. The Labute approximate surface area is 262 Å². The van der Waals surface area contributed by atoms with Crippen LogP contribution in [0, 0.1) is 17.6 Å². The molecule has 0 spiro atoms. The van der Waals surface area contributed by atoms with Gasteiger partial charge in [0.05, 0.1) is 11.4 Å². The summed E-state index contributed by atoms with van der Waals surface area (Å²) in [4.78, 5) is 17.3. The molecule has 2 aromatic heterocycles. The van der Waals surface area contributed by atoms with E-state index in [1.165, 1.54) is 17.5 Å². The Balaban J connectivity index is 1.54. The van der Waals surface area contributed by atoms with Gasteiger partial charge in [-0.1, -0.05) is 18.2 Å². The van der Waals surface area contributed by atoms with Gasteiger partial charge in [0.25, 0.3) is 0 Å². The number of anilines is 1. The number of primary sulfonamides is 1. The van der Waals surface area contributed by atoms with Gasteiger partial charge in [0, 0.05) is 48.3 Å². The third-order valence-corrected chi connectivity index (χ3v) is 9.52. The summed E-state index contributed by atoms with van der Waals surface area (Å²) in [6.07, 6.45) is 2.80. The van der Waals surface area contributed by atoms with Crippen LogP contribution in [-0.4, -0.2) is 48.4 Å². The highest BCUT2D eigenvalue weighted by molar-refractivity contribution is 7.89. The largest absolute Gasteiger partial charge is 0.476 e. The van der Waals surface area contributed by atoms with Gasteiger partial charge in [0.15, 0.2) is 5.69 Å². The van der Waals surface area contributed by atoms with Gasteiger partial charge in [-0.3, -0.25) is 0 Å². The van der Waals surface area contributed by atoms with Crippen LogP contribution in [-0.2, 0) is 22.9 Å². The fourth-order valence-corrected chi connectivity index (χ4v) is 6.62. The first-order valence-corrected chi connectivity index (χ1v) is 16.5. The zero-order valence-corrected chi connectivity index (χ0v) is 26.0. The number of halogens is 2. The summed E-state index contributed by atoms with van der Waals surface area (Å²) < 4.78 is 55.6. The van der Waals surface area contributed by atoms with Gasteiger partial charge in [-0.15, -0.1) is 11.3 Å². The van der Waals surface area contributed by atoms with E-state index in [0.717, 1.165) is 53.3 Å². The van der Waals surface area contributed by atoms with Crippen molar-refractivity contribution in [3.05, 3.63) is 100 Å². The number of thiazole rings is 1. The molecule has 0 radical (unpaired) electrons. The topological polar surface area (TPSA) is 131 Å². The van der Waals surface area contributed by atoms with Crippen molar-refractivity contribution in [2.24, 2.45) is 11.1 Å². The highest BCUT2D eigenvalue weighted by Crippen LogP contribution is 2.39. The molecule has 0 amide bonds. The molecule has 1 aliphatic rings. The van der Waals surface area contributed by atoms with Crippen molar-refractivity contribution >= 4 is 33.0 Å². The number of aromatic nitrogens is 3. The predicted molar refractivity (Wildman–Crippen MR) is 168 cm³/mol. The van der Waals surface area contributed by atoms with Crippen molar-refractivity contribution in [3.63, 3.8) is 0 Å². The van der Waals surface area contributed by atoms with Gasteiger partial charge in [-0.25, -0.2) is 36.8 Å². The summed E-state index contributed by atoms with van der Waals surface area (Å²) in [5, 5.41) is 21.4. The SMILES string of the molecule is CN(C)c1cccc(-c2cc(-c3nn(-c4nc(C(=O)O)cs4)c(CC4CC4)c3Cc3ccc(S(N)(=O)=O)c(F)c3)ccc2F)c1. The van der Waals surface area contributed by atoms with Crippen LogP contribution in [0.5, 0.6) is 0 Å². The molecular weight excluding hydrogens is 621 g/mol. The summed E-state index contributed by atoms with van der Waals surface area (Å²) in [5.41, 5.74) is 4.89. The molecule has 3 N–H and O–H groups in total. The van der Waals surface area contributed by atoms with Gasteiger partial charge in [-0.05, 0) is 78.8 Å². The van der Waals surface area contributed by atoms with Crippen molar-refractivity contribution in [3.8, 4) is 27.5 Å². The quantitative estimate of drug-likeness (QED) is 0.193. The zero-order valence-electron chi connectivity index (χ0n) is 24.4.